The largest absolute Gasteiger partial charge is 0.508 e. The lowest BCUT2D eigenvalue weighted by Gasteiger charge is -2.02. The van der Waals surface area contributed by atoms with Crippen molar-refractivity contribution >= 4 is 0 Å². The molecule has 90 valence electrons. The van der Waals surface area contributed by atoms with Crippen LogP contribution in [-0.4, -0.2) is 29.0 Å². The third kappa shape index (κ3) is 2.61. The maximum Gasteiger partial charge on any atom is 0.246 e. The molecule has 0 amide bonds. The van der Waals surface area contributed by atoms with Gasteiger partial charge in [0, 0.05) is 12.7 Å². The van der Waals surface area contributed by atoms with E-state index in [0.29, 0.717) is 18.3 Å². The van der Waals surface area contributed by atoms with E-state index in [1.54, 1.807) is 31.4 Å². The van der Waals surface area contributed by atoms with E-state index in [0.717, 1.165) is 5.56 Å². The number of phenols is 1. The summed E-state index contributed by atoms with van der Waals surface area (Å²) in [5, 5.41) is 13.0. The number of aromatic hydroxyl groups is 1. The van der Waals surface area contributed by atoms with E-state index < -0.39 is 6.04 Å². The van der Waals surface area contributed by atoms with Gasteiger partial charge in [-0.05, 0) is 24.3 Å². The number of rotatable bonds is 4. The van der Waals surface area contributed by atoms with Crippen molar-refractivity contribution in [3.63, 3.8) is 0 Å². The van der Waals surface area contributed by atoms with Crippen LogP contribution in [-0.2, 0) is 4.74 Å². The Balaban J connectivity index is 2.20. The Bertz CT molecular complexity index is 481. The summed E-state index contributed by atoms with van der Waals surface area (Å²) in [6.07, 6.45) is 0. The van der Waals surface area contributed by atoms with Crippen LogP contribution in [0.3, 0.4) is 0 Å². The van der Waals surface area contributed by atoms with Gasteiger partial charge in [-0.1, -0.05) is 5.16 Å². The van der Waals surface area contributed by atoms with Crippen LogP contribution in [0, 0.1) is 0 Å². The quantitative estimate of drug-likeness (QED) is 0.823. The molecule has 0 radical (unpaired) electrons. The van der Waals surface area contributed by atoms with E-state index >= 15 is 0 Å². The van der Waals surface area contributed by atoms with Crippen LogP contribution in [0.4, 0.5) is 0 Å². The minimum absolute atomic E-state index is 0.188. The number of nitrogens with zero attached hydrogens (tertiary/aromatic N) is 2. The summed E-state index contributed by atoms with van der Waals surface area (Å²) >= 11 is 0. The maximum atomic E-state index is 9.17. The third-order valence-electron chi connectivity index (χ3n) is 2.23. The highest BCUT2D eigenvalue weighted by Crippen LogP contribution is 2.20. The van der Waals surface area contributed by atoms with Gasteiger partial charge in [-0.3, -0.25) is 0 Å². The van der Waals surface area contributed by atoms with E-state index in [9.17, 15) is 0 Å². The SMILES string of the molecule is COCC(N)c1nc(-c2ccc(O)cc2)no1. The zero-order chi connectivity index (χ0) is 12.3. The molecular formula is C11H13N3O3. The fraction of sp³-hybridized carbons (Fsp3) is 0.273. The van der Waals surface area contributed by atoms with E-state index in [4.69, 9.17) is 20.1 Å². The molecule has 0 aliphatic heterocycles. The molecule has 0 saturated carbocycles. The lowest BCUT2D eigenvalue weighted by Crippen LogP contribution is -2.16. The summed E-state index contributed by atoms with van der Waals surface area (Å²) in [6, 6.07) is 6.08. The molecule has 1 atom stereocenters. The Kier molecular flexibility index (Phi) is 3.36. The molecular weight excluding hydrogens is 222 g/mol. The Morgan fingerprint density at radius 2 is 2.12 bits per heavy atom. The molecule has 1 aromatic heterocycles. The Morgan fingerprint density at radius 3 is 2.76 bits per heavy atom. The molecule has 1 heterocycles. The average molecular weight is 235 g/mol. The molecule has 1 aromatic carbocycles. The van der Waals surface area contributed by atoms with Crippen LogP contribution in [0.1, 0.15) is 11.9 Å². The van der Waals surface area contributed by atoms with Gasteiger partial charge in [-0.2, -0.15) is 4.98 Å². The second-order valence-corrected chi connectivity index (χ2v) is 3.56. The van der Waals surface area contributed by atoms with Crippen LogP contribution in [0.15, 0.2) is 28.8 Å². The number of methoxy groups -OCH3 is 1. The van der Waals surface area contributed by atoms with Gasteiger partial charge in [-0.15, -0.1) is 0 Å². The molecule has 17 heavy (non-hydrogen) atoms. The minimum Gasteiger partial charge on any atom is -0.508 e. The van der Waals surface area contributed by atoms with Crippen LogP contribution < -0.4 is 5.73 Å². The lowest BCUT2D eigenvalue weighted by molar-refractivity contribution is 0.166. The highest BCUT2D eigenvalue weighted by molar-refractivity contribution is 5.55. The van der Waals surface area contributed by atoms with E-state index in [-0.39, 0.29) is 5.75 Å². The summed E-state index contributed by atoms with van der Waals surface area (Å²) in [5.41, 5.74) is 6.51. The normalized spacial score (nSPS) is 12.6. The average Bonchev–Trinajstić information content (AvgIpc) is 2.80. The van der Waals surface area contributed by atoms with Crippen molar-refractivity contribution in [2.24, 2.45) is 5.73 Å². The number of aromatic nitrogens is 2. The maximum absolute atomic E-state index is 9.17. The second kappa shape index (κ2) is 4.94. The molecule has 0 fully saturated rings. The van der Waals surface area contributed by atoms with Gasteiger partial charge in [0.15, 0.2) is 0 Å². The van der Waals surface area contributed by atoms with Crippen molar-refractivity contribution in [1.29, 1.82) is 0 Å². The monoisotopic (exact) mass is 235 g/mol. The van der Waals surface area contributed by atoms with E-state index in [1.807, 2.05) is 0 Å². The first-order valence-corrected chi connectivity index (χ1v) is 5.08. The summed E-state index contributed by atoms with van der Waals surface area (Å²) < 4.78 is 9.94. The van der Waals surface area contributed by atoms with Crippen molar-refractivity contribution in [2.45, 2.75) is 6.04 Å². The van der Waals surface area contributed by atoms with Crippen molar-refractivity contribution in [1.82, 2.24) is 10.1 Å². The zero-order valence-corrected chi connectivity index (χ0v) is 9.33. The summed E-state index contributed by atoms with van der Waals surface area (Å²) in [6.45, 7) is 0.317. The molecule has 6 nitrogen and oxygen atoms in total. The fourth-order valence-electron chi connectivity index (χ4n) is 1.36. The van der Waals surface area contributed by atoms with Gasteiger partial charge in [0.1, 0.15) is 11.8 Å². The molecule has 6 heteroatoms. The molecule has 2 aromatic rings. The van der Waals surface area contributed by atoms with Gasteiger partial charge >= 0.3 is 0 Å². The van der Waals surface area contributed by atoms with Crippen molar-refractivity contribution in [3.8, 4) is 17.1 Å². The lowest BCUT2D eigenvalue weighted by atomic mass is 10.2. The van der Waals surface area contributed by atoms with Gasteiger partial charge in [-0.25, -0.2) is 0 Å². The van der Waals surface area contributed by atoms with Gasteiger partial charge in [0.05, 0.1) is 6.61 Å². The molecule has 3 N–H and O–H groups in total. The fourth-order valence-corrected chi connectivity index (χ4v) is 1.36. The number of hydrogen-bond donors (Lipinski definition) is 2. The smallest absolute Gasteiger partial charge is 0.246 e. The first kappa shape index (κ1) is 11.6. The summed E-state index contributed by atoms with van der Waals surface area (Å²) in [7, 11) is 1.55. The van der Waals surface area contributed by atoms with E-state index in [1.165, 1.54) is 0 Å². The Hall–Kier alpha value is -1.92. The summed E-state index contributed by atoms with van der Waals surface area (Å²) in [5.74, 6) is 0.954. The van der Waals surface area contributed by atoms with Gasteiger partial charge in [0.2, 0.25) is 11.7 Å². The molecule has 0 aliphatic carbocycles. The first-order chi connectivity index (χ1) is 8.20. The standard InChI is InChI=1S/C11H13N3O3/c1-16-6-9(12)11-13-10(14-17-11)7-2-4-8(15)5-3-7/h2-5,9,15H,6,12H2,1H3. The zero-order valence-electron chi connectivity index (χ0n) is 9.33. The third-order valence-corrected chi connectivity index (χ3v) is 2.23. The molecule has 0 bridgehead atoms. The number of ether oxygens (including phenoxy) is 1. The Morgan fingerprint density at radius 1 is 1.41 bits per heavy atom. The van der Waals surface area contributed by atoms with Crippen molar-refractivity contribution in [2.75, 3.05) is 13.7 Å². The van der Waals surface area contributed by atoms with Crippen LogP contribution in [0.25, 0.3) is 11.4 Å². The van der Waals surface area contributed by atoms with Crippen molar-refractivity contribution < 1.29 is 14.4 Å². The number of hydrogen-bond acceptors (Lipinski definition) is 6. The number of phenolic OH excluding ortho intramolecular Hbond substituents is 1. The number of nitrogens with two attached hydrogens (primary N) is 1. The van der Waals surface area contributed by atoms with Gasteiger partial charge in [0.25, 0.3) is 0 Å². The second-order valence-electron chi connectivity index (χ2n) is 3.56. The van der Waals surface area contributed by atoms with Crippen LogP contribution in [0.2, 0.25) is 0 Å². The van der Waals surface area contributed by atoms with Crippen LogP contribution >= 0.6 is 0 Å². The predicted molar refractivity (Wildman–Crippen MR) is 60.2 cm³/mol. The predicted octanol–water partition coefficient (Wildman–Crippen LogP) is 1.09. The molecule has 1 unspecified atom stereocenters. The molecule has 0 saturated heterocycles. The van der Waals surface area contributed by atoms with Crippen LogP contribution in [0.5, 0.6) is 5.75 Å². The summed E-state index contributed by atoms with van der Waals surface area (Å²) in [4.78, 5) is 4.16. The molecule has 0 spiro atoms. The van der Waals surface area contributed by atoms with Gasteiger partial charge < -0.3 is 20.1 Å². The topological polar surface area (TPSA) is 94.4 Å². The number of benzene rings is 1. The van der Waals surface area contributed by atoms with E-state index in [2.05, 4.69) is 10.1 Å². The first-order valence-electron chi connectivity index (χ1n) is 5.08. The highest BCUT2D eigenvalue weighted by atomic mass is 16.5. The molecule has 2 rings (SSSR count). The van der Waals surface area contributed by atoms with Crippen molar-refractivity contribution in [3.05, 3.63) is 30.2 Å². The minimum atomic E-state index is -0.432. The molecule has 0 aliphatic rings. The Labute approximate surface area is 98.0 Å². The highest BCUT2D eigenvalue weighted by Gasteiger charge is 2.15.